The zero-order valence-electron chi connectivity index (χ0n) is 11.8. The summed E-state index contributed by atoms with van der Waals surface area (Å²) in [6.45, 7) is 4.27. The van der Waals surface area contributed by atoms with Gasteiger partial charge in [0.2, 0.25) is 5.95 Å². The zero-order chi connectivity index (χ0) is 15.0. The second kappa shape index (κ2) is 4.93. The Bertz CT molecular complexity index is 801. The van der Waals surface area contributed by atoms with Crippen molar-refractivity contribution in [3.05, 3.63) is 30.5 Å². The number of hydrogen-bond donors (Lipinski definition) is 3. The molecule has 0 radical (unpaired) electrons. The summed E-state index contributed by atoms with van der Waals surface area (Å²) in [4.78, 5) is 15.1. The summed E-state index contributed by atoms with van der Waals surface area (Å²) < 4.78 is 2.19. The Balaban J connectivity index is 2.08. The van der Waals surface area contributed by atoms with Crippen molar-refractivity contribution >= 4 is 22.9 Å². The van der Waals surface area contributed by atoms with Crippen LogP contribution in [0, 0.1) is 0 Å². The number of primary amides is 1. The number of fused-ring (bicyclic) bond motifs is 1. The van der Waals surface area contributed by atoms with E-state index >= 15 is 0 Å². The van der Waals surface area contributed by atoms with Crippen molar-refractivity contribution in [2.24, 2.45) is 5.73 Å². The Labute approximate surface area is 121 Å². The van der Waals surface area contributed by atoms with Gasteiger partial charge >= 0.3 is 6.03 Å². The second-order valence-electron chi connectivity index (χ2n) is 5.05. The van der Waals surface area contributed by atoms with Crippen molar-refractivity contribution in [2.45, 2.75) is 19.9 Å². The Kier molecular flexibility index (Phi) is 3.09. The van der Waals surface area contributed by atoms with Gasteiger partial charge in [-0.2, -0.15) is 4.98 Å². The number of nitrogens with one attached hydrogen (secondary N) is 2. The number of amides is 2. The largest absolute Gasteiger partial charge is 0.351 e. The van der Waals surface area contributed by atoms with Gasteiger partial charge in [0.05, 0.1) is 0 Å². The fourth-order valence-corrected chi connectivity index (χ4v) is 2.39. The number of hydrogen-bond acceptors (Lipinski definition) is 3. The molecule has 1 aromatic carbocycles. The molecule has 0 unspecified atom stereocenters. The van der Waals surface area contributed by atoms with E-state index in [1.807, 2.05) is 18.2 Å². The predicted octanol–water partition coefficient (Wildman–Crippen LogP) is 2.50. The highest BCUT2D eigenvalue weighted by Gasteiger charge is 2.12. The third-order valence-corrected chi connectivity index (χ3v) is 3.29. The minimum Gasteiger partial charge on any atom is -0.351 e. The van der Waals surface area contributed by atoms with Crippen LogP contribution in [0.4, 0.5) is 10.7 Å². The van der Waals surface area contributed by atoms with Gasteiger partial charge in [-0.05, 0) is 26.0 Å². The lowest BCUT2D eigenvalue weighted by Gasteiger charge is -2.09. The van der Waals surface area contributed by atoms with Gasteiger partial charge in [0.1, 0.15) is 0 Å². The standard InChI is InChI=1S/C14H16N6O/c1-8(2)20-7-6-9-10(4-3-5-11(9)20)12-16-14(19-18-12)17-13(15)21/h3-8H,1-2H3,(H4,15,16,17,18,19,21). The Hall–Kier alpha value is -2.83. The molecule has 7 nitrogen and oxygen atoms in total. The van der Waals surface area contributed by atoms with E-state index in [4.69, 9.17) is 5.73 Å². The molecule has 4 N–H and O–H groups in total. The number of anilines is 1. The number of benzene rings is 1. The van der Waals surface area contributed by atoms with E-state index in [2.05, 4.69) is 51.2 Å². The molecular formula is C14H16N6O. The zero-order valence-corrected chi connectivity index (χ0v) is 11.8. The van der Waals surface area contributed by atoms with Crippen LogP contribution in [0.5, 0.6) is 0 Å². The lowest BCUT2D eigenvalue weighted by atomic mass is 10.1. The van der Waals surface area contributed by atoms with Crippen LogP contribution in [0.1, 0.15) is 19.9 Å². The maximum atomic E-state index is 10.8. The number of rotatable bonds is 3. The van der Waals surface area contributed by atoms with Gasteiger partial charge in [0.15, 0.2) is 5.82 Å². The highest BCUT2D eigenvalue weighted by Crippen LogP contribution is 2.29. The lowest BCUT2D eigenvalue weighted by molar-refractivity contribution is 0.259. The van der Waals surface area contributed by atoms with E-state index in [9.17, 15) is 4.79 Å². The van der Waals surface area contributed by atoms with Crippen molar-refractivity contribution in [1.82, 2.24) is 19.7 Å². The van der Waals surface area contributed by atoms with Crippen LogP contribution in [0.2, 0.25) is 0 Å². The molecule has 0 aliphatic heterocycles. The molecule has 0 saturated heterocycles. The summed E-state index contributed by atoms with van der Waals surface area (Å²) in [6, 6.07) is 7.73. The quantitative estimate of drug-likeness (QED) is 0.688. The first-order chi connectivity index (χ1) is 10.1. The summed E-state index contributed by atoms with van der Waals surface area (Å²) in [5, 5.41) is 10.2. The van der Waals surface area contributed by atoms with Crippen LogP contribution in [0.25, 0.3) is 22.3 Å². The average molecular weight is 284 g/mol. The number of carbonyl (C=O) groups excluding carboxylic acids is 1. The number of urea groups is 1. The minimum absolute atomic E-state index is 0.165. The first-order valence-corrected chi connectivity index (χ1v) is 6.65. The van der Waals surface area contributed by atoms with Crippen molar-refractivity contribution in [1.29, 1.82) is 0 Å². The van der Waals surface area contributed by atoms with Gasteiger partial charge < -0.3 is 10.3 Å². The molecule has 21 heavy (non-hydrogen) atoms. The van der Waals surface area contributed by atoms with Crippen molar-refractivity contribution in [3.8, 4) is 11.4 Å². The van der Waals surface area contributed by atoms with Gasteiger partial charge in [-0.1, -0.05) is 12.1 Å². The van der Waals surface area contributed by atoms with Crippen LogP contribution in [-0.4, -0.2) is 25.8 Å². The fourth-order valence-electron chi connectivity index (χ4n) is 2.39. The third-order valence-electron chi connectivity index (χ3n) is 3.29. The van der Waals surface area contributed by atoms with Crippen molar-refractivity contribution in [2.75, 3.05) is 5.32 Å². The molecule has 2 amide bonds. The molecule has 7 heteroatoms. The molecule has 0 atom stereocenters. The maximum Gasteiger partial charge on any atom is 0.319 e. The van der Waals surface area contributed by atoms with Crippen LogP contribution >= 0.6 is 0 Å². The number of nitrogens with two attached hydrogens (primary N) is 1. The smallest absolute Gasteiger partial charge is 0.319 e. The molecule has 0 saturated carbocycles. The average Bonchev–Trinajstić information content (AvgIpc) is 3.03. The van der Waals surface area contributed by atoms with E-state index in [1.54, 1.807) is 0 Å². The van der Waals surface area contributed by atoms with Crippen LogP contribution in [-0.2, 0) is 0 Å². The number of nitrogens with zero attached hydrogens (tertiary/aromatic N) is 3. The molecule has 3 aromatic rings. The van der Waals surface area contributed by atoms with Crippen LogP contribution < -0.4 is 11.1 Å². The highest BCUT2D eigenvalue weighted by molar-refractivity contribution is 5.94. The number of H-pyrrole nitrogens is 1. The number of aromatic nitrogens is 4. The van der Waals surface area contributed by atoms with E-state index in [0.29, 0.717) is 11.9 Å². The van der Waals surface area contributed by atoms with E-state index in [1.165, 1.54) is 0 Å². The maximum absolute atomic E-state index is 10.8. The molecule has 0 spiro atoms. The monoisotopic (exact) mass is 284 g/mol. The van der Waals surface area contributed by atoms with Crippen LogP contribution in [0.3, 0.4) is 0 Å². The normalized spacial score (nSPS) is 11.2. The summed E-state index contributed by atoms with van der Waals surface area (Å²) in [7, 11) is 0. The van der Waals surface area contributed by atoms with Gasteiger partial charge in [-0.15, -0.1) is 5.10 Å². The number of aromatic amines is 1. The molecule has 2 heterocycles. The summed E-state index contributed by atoms with van der Waals surface area (Å²) >= 11 is 0. The molecule has 0 fully saturated rings. The van der Waals surface area contributed by atoms with E-state index in [-0.39, 0.29) is 5.95 Å². The van der Waals surface area contributed by atoms with Gasteiger partial charge in [-0.25, -0.2) is 4.79 Å². The summed E-state index contributed by atoms with van der Waals surface area (Å²) in [5.41, 5.74) is 7.11. The molecule has 0 aliphatic rings. The Morgan fingerprint density at radius 3 is 2.90 bits per heavy atom. The molecule has 3 rings (SSSR count). The minimum atomic E-state index is -0.690. The third kappa shape index (κ3) is 2.33. The van der Waals surface area contributed by atoms with Gasteiger partial charge in [-0.3, -0.25) is 10.4 Å². The first-order valence-electron chi connectivity index (χ1n) is 6.65. The highest BCUT2D eigenvalue weighted by atomic mass is 16.2. The topological polar surface area (TPSA) is 102 Å². The first kappa shape index (κ1) is 13.2. The molecule has 2 aromatic heterocycles. The van der Waals surface area contributed by atoms with Gasteiger partial charge in [0, 0.05) is 28.7 Å². The Morgan fingerprint density at radius 2 is 2.19 bits per heavy atom. The fraction of sp³-hybridized carbons (Fsp3) is 0.214. The number of carbonyl (C=O) groups is 1. The summed E-state index contributed by atoms with van der Waals surface area (Å²) in [6.07, 6.45) is 2.05. The van der Waals surface area contributed by atoms with Crippen molar-refractivity contribution < 1.29 is 4.79 Å². The van der Waals surface area contributed by atoms with Gasteiger partial charge in [0.25, 0.3) is 0 Å². The predicted molar refractivity (Wildman–Crippen MR) is 80.9 cm³/mol. The Morgan fingerprint density at radius 1 is 1.38 bits per heavy atom. The van der Waals surface area contributed by atoms with Crippen molar-refractivity contribution in [3.63, 3.8) is 0 Å². The molecule has 0 bridgehead atoms. The second-order valence-corrected chi connectivity index (χ2v) is 5.05. The summed E-state index contributed by atoms with van der Waals surface area (Å²) in [5.74, 6) is 0.753. The molecular weight excluding hydrogens is 268 g/mol. The molecule has 0 aliphatic carbocycles. The van der Waals surface area contributed by atoms with E-state index < -0.39 is 6.03 Å². The van der Waals surface area contributed by atoms with E-state index in [0.717, 1.165) is 16.5 Å². The lowest BCUT2D eigenvalue weighted by Crippen LogP contribution is -2.20. The van der Waals surface area contributed by atoms with Crippen LogP contribution in [0.15, 0.2) is 30.5 Å². The SMILES string of the molecule is CC(C)n1ccc2c(-c3nc(NC(N)=O)n[nH]3)cccc21. The molecule has 108 valence electrons.